The predicted molar refractivity (Wildman–Crippen MR) is 78.4 cm³/mol. The van der Waals surface area contributed by atoms with E-state index in [0.29, 0.717) is 25.6 Å². The highest BCUT2D eigenvalue weighted by atomic mass is 16.5. The van der Waals surface area contributed by atoms with Crippen LogP contribution in [-0.2, 0) is 0 Å². The highest BCUT2D eigenvalue weighted by molar-refractivity contribution is 5.80. The summed E-state index contributed by atoms with van der Waals surface area (Å²) in [5, 5.41) is 11.7. The minimum absolute atomic E-state index is 0.239. The molecule has 6 nitrogen and oxygen atoms in total. The average molecular weight is 278 g/mol. The Morgan fingerprint density at radius 1 is 1.60 bits per heavy atom. The summed E-state index contributed by atoms with van der Waals surface area (Å²) in [5.74, 6) is 1.90. The van der Waals surface area contributed by atoms with Gasteiger partial charge in [0.15, 0.2) is 11.6 Å². The van der Waals surface area contributed by atoms with Crippen LogP contribution in [-0.4, -0.2) is 35.2 Å². The maximum absolute atomic E-state index is 8.65. The molecule has 110 valence electrons. The Bertz CT molecular complexity index is 460. The first-order chi connectivity index (χ1) is 9.76. The number of nitrogens with zero attached hydrogens (tertiary/aromatic N) is 3. The molecule has 0 bridgehead atoms. The molecule has 0 saturated heterocycles. The van der Waals surface area contributed by atoms with Crippen LogP contribution in [0.4, 0.5) is 5.82 Å². The Labute approximate surface area is 119 Å². The van der Waals surface area contributed by atoms with Crippen LogP contribution in [0.25, 0.3) is 0 Å². The van der Waals surface area contributed by atoms with Crippen molar-refractivity contribution in [3.63, 3.8) is 0 Å². The fourth-order valence-electron chi connectivity index (χ4n) is 2.06. The zero-order chi connectivity index (χ0) is 14.4. The first kappa shape index (κ1) is 14.4. The van der Waals surface area contributed by atoms with Crippen molar-refractivity contribution in [1.82, 2.24) is 4.98 Å². The molecule has 0 spiro atoms. The van der Waals surface area contributed by atoms with Gasteiger partial charge in [-0.15, -0.1) is 0 Å². The molecular weight excluding hydrogens is 256 g/mol. The topological polar surface area (TPSA) is 84.0 Å². The van der Waals surface area contributed by atoms with Crippen LogP contribution in [0.5, 0.6) is 5.75 Å². The van der Waals surface area contributed by atoms with E-state index >= 15 is 0 Å². The molecule has 1 aliphatic rings. The highest BCUT2D eigenvalue weighted by Gasteiger charge is 2.31. The second-order valence-electron chi connectivity index (χ2n) is 4.94. The Morgan fingerprint density at radius 2 is 2.40 bits per heavy atom. The van der Waals surface area contributed by atoms with Crippen LogP contribution in [0.3, 0.4) is 0 Å². The standard InChI is InChI=1S/C14H22N4O2/c1-2-10-20-12-4-3-8-16-14(12)18(11-5-6-11)9-7-13(15)17-19/h3-4,8,11,19H,2,5-7,9-10H2,1H3,(H2,15,17). The smallest absolute Gasteiger partial charge is 0.171 e. The summed E-state index contributed by atoms with van der Waals surface area (Å²) in [6, 6.07) is 4.31. The van der Waals surface area contributed by atoms with Crippen molar-refractivity contribution in [2.24, 2.45) is 10.9 Å². The third kappa shape index (κ3) is 3.76. The number of rotatable bonds is 8. The Morgan fingerprint density at radius 3 is 3.05 bits per heavy atom. The van der Waals surface area contributed by atoms with Crippen molar-refractivity contribution >= 4 is 11.7 Å². The van der Waals surface area contributed by atoms with Gasteiger partial charge in [-0.05, 0) is 31.4 Å². The third-order valence-corrected chi connectivity index (χ3v) is 3.21. The Hall–Kier alpha value is -1.98. The summed E-state index contributed by atoms with van der Waals surface area (Å²) >= 11 is 0. The monoisotopic (exact) mass is 278 g/mol. The van der Waals surface area contributed by atoms with Crippen LogP contribution in [0, 0.1) is 0 Å². The summed E-state index contributed by atoms with van der Waals surface area (Å²) in [6.45, 7) is 3.44. The molecule has 0 atom stereocenters. The number of hydrogen-bond donors (Lipinski definition) is 2. The van der Waals surface area contributed by atoms with Gasteiger partial charge in [-0.3, -0.25) is 0 Å². The number of nitrogens with two attached hydrogens (primary N) is 1. The van der Waals surface area contributed by atoms with E-state index < -0.39 is 0 Å². The van der Waals surface area contributed by atoms with E-state index in [1.165, 1.54) is 0 Å². The van der Waals surface area contributed by atoms with Crippen molar-refractivity contribution in [1.29, 1.82) is 0 Å². The van der Waals surface area contributed by atoms with E-state index in [0.717, 1.165) is 30.8 Å². The number of amidine groups is 1. The van der Waals surface area contributed by atoms with Crippen LogP contribution in [0.2, 0.25) is 0 Å². The number of aromatic nitrogens is 1. The van der Waals surface area contributed by atoms with Gasteiger partial charge in [-0.1, -0.05) is 12.1 Å². The van der Waals surface area contributed by atoms with Crippen LogP contribution < -0.4 is 15.4 Å². The lowest BCUT2D eigenvalue weighted by Crippen LogP contribution is -2.31. The molecular formula is C14H22N4O2. The van der Waals surface area contributed by atoms with Gasteiger partial charge in [0, 0.05) is 25.2 Å². The first-order valence-corrected chi connectivity index (χ1v) is 7.07. The molecule has 0 aromatic carbocycles. The van der Waals surface area contributed by atoms with Crippen molar-refractivity contribution in [3.05, 3.63) is 18.3 Å². The minimum Gasteiger partial charge on any atom is -0.490 e. The summed E-state index contributed by atoms with van der Waals surface area (Å²) in [4.78, 5) is 6.65. The molecule has 1 saturated carbocycles. The van der Waals surface area contributed by atoms with Gasteiger partial charge < -0.3 is 20.6 Å². The van der Waals surface area contributed by atoms with E-state index in [1.54, 1.807) is 6.20 Å². The van der Waals surface area contributed by atoms with Crippen LogP contribution >= 0.6 is 0 Å². The first-order valence-electron chi connectivity index (χ1n) is 7.07. The molecule has 1 heterocycles. The average Bonchev–Trinajstić information content (AvgIpc) is 3.31. The van der Waals surface area contributed by atoms with Crippen molar-refractivity contribution in [2.45, 2.75) is 38.6 Å². The van der Waals surface area contributed by atoms with E-state index in [1.807, 2.05) is 12.1 Å². The Kier molecular flexibility index (Phi) is 5.03. The zero-order valence-electron chi connectivity index (χ0n) is 11.8. The van der Waals surface area contributed by atoms with Gasteiger partial charge >= 0.3 is 0 Å². The molecule has 2 rings (SSSR count). The number of anilines is 1. The third-order valence-electron chi connectivity index (χ3n) is 3.21. The number of hydrogen-bond acceptors (Lipinski definition) is 5. The summed E-state index contributed by atoms with van der Waals surface area (Å²) in [7, 11) is 0. The maximum Gasteiger partial charge on any atom is 0.171 e. The fraction of sp³-hybridized carbons (Fsp3) is 0.571. The quantitative estimate of drug-likeness (QED) is 0.329. The fourth-order valence-corrected chi connectivity index (χ4v) is 2.06. The number of ether oxygens (including phenoxy) is 1. The molecule has 20 heavy (non-hydrogen) atoms. The van der Waals surface area contributed by atoms with E-state index in [2.05, 4.69) is 22.0 Å². The van der Waals surface area contributed by atoms with Gasteiger partial charge in [0.05, 0.1) is 6.61 Å². The molecule has 1 aliphatic carbocycles. The second kappa shape index (κ2) is 6.98. The lowest BCUT2D eigenvalue weighted by molar-refractivity contribution is 0.315. The number of pyridine rings is 1. The molecule has 0 radical (unpaired) electrons. The lowest BCUT2D eigenvalue weighted by Gasteiger charge is -2.25. The van der Waals surface area contributed by atoms with E-state index in [4.69, 9.17) is 15.7 Å². The Balaban J connectivity index is 2.12. The molecule has 0 amide bonds. The largest absolute Gasteiger partial charge is 0.490 e. The van der Waals surface area contributed by atoms with Crippen molar-refractivity contribution in [2.75, 3.05) is 18.1 Å². The lowest BCUT2D eigenvalue weighted by atomic mass is 10.3. The molecule has 1 fully saturated rings. The van der Waals surface area contributed by atoms with Gasteiger partial charge in [0.25, 0.3) is 0 Å². The minimum atomic E-state index is 0.239. The second-order valence-corrected chi connectivity index (χ2v) is 4.94. The molecule has 0 aliphatic heterocycles. The number of oxime groups is 1. The molecule has 3 N–H and O–H groups in total. The van der Waals surface area contributed by atoms with Crippen LogP contribution in [0.15, 0.2) is 23.5 Å². The SMILES string of the molecule is CCCOc1cccnc1N(CC/C(N)=N/O)C1CC1. The van der Waals surface area contributed by atoms with E-state index in [9.17, 15) is 0 Å². The maximum atomic E-state index is 8.65. The van der Waals surface area contributed by atoms with Crippen LogP contribution in [0.1, 0.15) is 32.6 Å². The van der Waals surface area contributed by atoms with Gasteiger partial charge in [-0.2, -0.15) is 0 Å². The molecule has 0 unspecified atom stereocenters. The summed E-state index contributed by atoms with van der Waals surface area (Å²) in [5.41, 5.74) is 5.56. The van der Waals surface area contributed by atoms with Crippen molar-refractivity contribution < 1.29 is 9.94 Å². The van der Waals surface area contributed by atoms with Crippen molar-refractivity contribution in [3.8, 4) is 5.75 Å². The molecule has 1 aromatic heterocycles. The zero-order valence-corrected chi connectivity index (χ0v) is 11.8. The van der Waals surface area contributed by atoms with Gasteiger partial charge in [0.2, 0.25) is 0 Å². The molecule has 6 heteroatoms. The van der Waals surface area contributed by atoms with Gasteiger partial charge in [-0.25, -0.2) is 4.98 Å². The van der Waals surface area contributed by atoms with Gasteiger partial charge in [0.1, 0.15) is 5.84 Å². The molecule has 1 aromatic rings. The summed E-state index contributed by atoms with van der Waals surface area (Å²) in [6.07, 6.45) is 5.55. The normalized spacial score (nSPS) is 15.2. The summed E-state index contributed by atoms with van der Waals surface area (Å²) < 4.78 is 5.76. The van der Waals surface area contributed by atoms with E-state index in [-0.39, 0.29) is 5.84 Å². The predicted octanol–water partition coefficient (Wildman–Crippen LogP) is 1.98. The highest BCUT2D eigenvalue weighted by Crippen LogP contribution is 2.35.